The summed E-state index contributed by atoms with van der Waals surface area (Å²) in [7, 11) is 1.69. The van der Waals surface area contributed by atoms with E-state index in [1.165, 1.54) is 23.8 Å². The van der Waals surface area contributed by atoms with Crippen LogP contribution in [0.4, 0.5) is 5.69 Å². The number of nitrogens with zero attached hydrogens (tertiary/aromatic N) is 2. The maximum absolute atomic E-state index is 12.4. The largest absolute Gasteiger partial charge is 0.335 e. The first-order valence-corrected chi connectivity index (χ1v) is 8.58. The molecule has 2 aromatic rings. The molecule has 0 heterocycles. The third-order valence-corrected chi connectivity index (χ3v) is 4.51. The van der Waals surface area contributed by atoms with Crippen molar-refractivity contribution in [2.75, 3.05) is 7.05 Å². The second-order valence-corrected chi connectivity index (χ2v) is 6.63. The Hall–Kier alpha value is -2.95. The first-order chi connectivity index (χ1) is 12.3. The van der Waals surface area contributed by atoms with Gasteiger partial charge in [-0.2, -0.15) is 0 Å². The van der Waals surface area contributed by atoms with Crippen molar-refractivity contribution in [2.45, 2.75) is 32.7 Å². The van der Waals surface area contributed by atoms with Crippen molar-refractivity contribution in [1.82, 2.24) is 4.90 Å². The smallest absolute Gasteiger partial charge is 0.269 e. The van der Waals surface area contributed by atoms with Crippen LogP contribution < -0.4 is 0 Å². The molecular formula is C21H24N2O3. The van der Waals surface area contributed by atoms with E-state index in [0.717, 1.165) is 11.1 Å². The average Bonchev–Trinajstić information content (AvgIpc) is 2.65. The monoisotopic (exact) mass is 352 g/mol. The fourth-order valence-corrected chi connectivity index (χ4v) is 2.59. The van der Waals surface area contributed by atoms with Crippen LogP contribution in [-0.4, -0.2) is 22.8 Å². The zero-order valence-electron chi connectivity index (χ0n) is 15.5. The maximum Gasteiger partial charge on any atom is 0.269 e. The first kappa shape index (κ1) is 19.4. The van der Waals surface area contributed by atoms with Crippen molar-refractivity contribution in [3.8, 4) is 0 Å². The molecule has 0 unspecified atom stereocenters. The molecule has 136 valence electrons. The summed E-state index contributed by atoms with van der Waals surface area (Å²) >= 11 is 0. The van der Waals surface area contributed by atoms with E-state index >= 15 is 0 Å². The lowest BCUT2D eigenvalue weighted by atomic mass is 10.0. The zero-order chi connectivity index (χ0) is 19.3. The van der Waals surface area contributed by atoms with Crippen LogP contribution in [0.2, 0.25) is 0 Å². The van der Waals surface area contributed by atoms with Crippen molar-refractivity contribution in [2.24, 2.45) is 0 Å². The molecule has 0 aromatic heterocycles. The predicted octanol–water partition coefficient (Wildman–Crippen LogP) is 4.95. The Morgan fingerprint density at radius 2 is 1.73 bits per heavy atom. The molecule has 5 nitrogen and oxygen atoms in total. The molecule has 0 aliphatic carbocycles. The molecule has 26 heavy (non-hydrogen) atoms. The molecule has 2 aromatic carbocycles. The second kappa shape index (κ2) is 8.43. The van der Waals surface area contributed by atoms with Gasteiger partial charge in [0.25, 0.3) is 5.69 Å². The number of nitro groups is 1. The SMILES string of the molecule is CC(C)c1ccc(/C=C/C(=O)N(C)[C@@H](C)c2cccc([N+](=O)[O-])c2)cc1. The number of hydrogen-bond acceptors (Lipinski definition) is 3. The number of rotatable bonds is 6. The van der Waals surface area contributed by atoms with Gasteiger partial charge >= 0.3 is 0 Å². The van der Waals surface area contributed by atoms with E-state index in [1.54, 1.807) is 30.2 Å². The first-order valence-electron chi connectivity index (χ1n) is 8.58. The Morgan fingerprint density at radius 1 is 1.08 bits per heavy atom. The van der Waals surface area contributed by atoms with Gasteiger partial charge in [0, 0.05) is 25.3 Å². The van der Waals surface area contributed by atoms with Gasteiger partial charge in [0.05, 0.1) is 11.0 Å². The fourth-order valence-electron chi connectivity index (χ4n) is 2.59. The van der Waals surface area contributed by atoms with E-state index in [1.807, 2.05) is 19.1 Å². The van der Waals surface area contributed by atoms with Gasteiger partial charge in [0.1, 0.15) is 0 Å². The molecule has 0 saturated heterocycles. The van der Waals surface area contributed by atoms with Crippen LogP contribution in [0.15, 0.2) is 54.6 Å². The van der Waals surface area contributed by atoms with Crippen LogP contribution in [0.3, 0.4) is 0 Å². The van der Waals surface area contributed by atoms with E-state index in [4.69, 9.17) is 0 Å². The summed E-state index contributed by atoms with van der Waals surface area (Å²) in [6, 6.07) is 14.2. The number of benzene rings is 2. The summed E-state index contributed by atoms with van der Waals surface area (Å²) in [5.74, 6) is 0.313. The Balaban J connectivity index is 2.08. The summed E-state index contributed by atoms with van der Waals surface area (Å²) in [6.07, 6.45) is 3.31. The van der Waals surface area contributed by atoms with Crippen molar-refractivity contribution < 1.29 is 9.72 Å². The van der Waals surface area contributed by atoms with Crippen LogP contribution in [0, 0.1) is 10.1 Å². The van der Waals surface area contributed by atoms with E-state index in [2.05, 4.69) is 26.0 Å². The van der Waals surface area contributed by atoms with Crippen LogP contribution in [0.5, 0.6) is 0 Å². The zero-order valence-corrected chi connectivity index (χ0v) is 15.5. The maximum atomic E-state index is 12.4. The molecule has 0 spiro atoms. The van der Waals surface area contributed by atoms with E-state index < -0.39 is 4.92 Å². The molecule has 0 fully saturated rings. The predicted molar refractivity (Wildman–Crippen MR) is 104 cm³/mol. The molecule has 0 radical (unpaired) electrons. The van der Waals surface area contributed by atoms with Crippen molar-refractivity contribution in [1.29, 1.82) is 0 Å². The highest BCUT2D eigenvalue weighted by molar-refractivity contribution is 5.91. The Bertz CT molecular complexity index is 810. The number of carbonyl (C=O) groups excluding carboxylic acids is 1. The van der Waals surface area contributed by atoms with Crippen LogP contribution >= 0.6 is 0 Å². The van der Waals surface area contributed by atoms with E-state index in [9.17, 15) is 14.9 Å². The lowest BCUT2D eigenvalue weighted by molar-refractivity contribution is -0.384. The molecular weight excluding hydrogens is 328 g/mol. The van der Waals surface area contributed by atoms with E-state index in [-0.39, 0.29) is 17.6 Å². The highest BCUT2D eigenvalue weighted by Gasteiger charge is 2.17. The highest BCUT2D eigenvalue weighted by atomic mass is 16.6. The topological polar surface area (TPSA) is 63.5 Å². The van der Waals surface area contributed by atoms with E-state index in [0.29, 0.717) is 5.92 Å². The van der Waals surface area contributed by atoms with Gasteiger partial charge in [-0.15, -0.1) is 0 Å². The quantitative estimate of drug-likeness (QED) is 0.420. The van der Waals surface area contributed by atoms with Gasteiger partial charge in [-0.3, -0.25) is 14.9 Å². The normalized spacial score (nSPS) is 12.3. The molecule has 5 heteroatoms. The van der Waals surface area contributed by atoms with Gasteiger partial charge in [-0.25, -0.2) is 0 Å². The molecule has 0 aliphatic rings. The minimum absolute atomic E-state index is 0.0241. The standard InChI is InChI=1S/C21H24N2O3/c1-15(2)18-11-8-17(9-12-18)10-13-21(24)22(4)16(3)19-6-5-7-20(14-19)23(25)26/h5-16H,1-4H3/b13-10+/t16-/m0/s1. The average molecular weight is 352 g/mol. The Morgan fingerprint density at radius 3 is 2.31 bits per heavy atom. The Kier molecular flexibility index (Phi) is 6.28. The number of likely N-dealkylation sites (N-methyl/N-ethyl adjacent to an activating group) is 1. The second-order valence-electron chi connectivity index (χ2n) is 6.63. The van der Waals surface area contributed by atoms with Crippen molar-refractivity contribution in [3.05, 3.63) is 81.4 Å². The highest BCUT2D eigenvalue weighted by Crippen LogP contribution is 2.23. The number of amides is 1. The minimum Gasteiger partial charge on any atom is -0.335 e. The molecule has 0 saturated carbocycles. The summed E-state index contributed by atoms with van der Waals surface area (Å²) < 4.78 is 0. The molecule has 0 aliphatic heterocycles. The number of nitro benzene ring substituents is 1. The van der Waals surface area contributed by atoms with Crippen LogP contribution in [0.25, 0.3) is 6.08 Å². The van der Waals surface area contributed by atoms with Crippen molar-refractivity contribution in [3.63, 3.8) is 0 Å². The van der Waals surface area contributed by atoms with Gasteiger partial charge in [0.15, 0.2) is 0 Å². The fraction of sp³-hybridized carbons (Fsp3) is 0.286. The number of carbonyl (C=O) groups is 1. The minimum atomic E-state index is -0.432. The van der Waals surface area contributed by atoms with Crippen LogP contribution in [0.1, 0.15) is 49.4 Å². The molecule has 0 N–H and O–H groups in total. The lowest BCUT2D eigenvalue weighted by Crippen LogP contribution is -2.28. The third kappa shape index (κ3) is 4.79. The molecule has 1 atom stereocenters. The summed E-state index contributed by atoms with van der Waals surface area (Å²) in [5.41, 5.74) is 2.96. The molecule has 1 amide bonds. The third-order valence-electron chi connectivity index (χ3n) is 4.51. The van der Waals surface area contributed by atoms with Gasteiger partial charge in [-0.1, -0.05) is 50.2 Å². The summed E-state index contributed by atoms with van der Waals surface area (Å²) in [6.45, 7) is 6.12. The van der Waals surface area contributed by atoms with Crippen LogP contribution in [-0.2, 0) is 4.79 Å². The van der Waals surface area contributed by atoms with Gasteiger partial charge < -0.3 is 4.90 Å². The molecule has 0 bridgehead atoms. The number of non-ortho nitro benzene ring substituents is 1. The Labute approximate surface area is 154 Å². The summed E-state index contributed by atoms with van der Waals surface area (Å²) in [4.78, 5) is 24.5. The van der Waals surface area contributed by atoms with Gasteiger partial charge in [0.2, 0.25) is 5.91 Å². The molecule has 2 rings (SSSR count). The summed E-state index contributed by atoms with van der Waals surface area (Å²) in [5, 5.41) is 10.9. The number of hydrogen-bond donors (Lipinski definition) is 0. The van der Waals surface area contributed by atoms with Gasteiger partial charge in [-0.05, 0) is 35.6 Å². The lowest BCUT2D eigenvalue weighted by Gasteiger charge is -2.24. The van der Waals surface area contributed by atoms with Crippen molar-refractivity contribution >= 4 is 17.7 Å².